The summed E-state index contributed by atoms with van der Waals surface area (Å²) < 4.78 is 7.58. The molecular weight excluding hydrogens is 424 g/mol. The Morgan fingerprint density at radius 2 is 1.78 bits per heavy atom. The van der Waals surface area contributed by atoms with Gasteiger partial charge in [0.15, 0.2) is 0 Å². The average molecular weight is 449 g/mol. The first kappa shape index (κ1) is 20.7. The Kier molecular flexibility index (Phi) is 5.63. The number of hydrogen-bond acceptors (Lipinski definition) is 6. The Labute approximate surface area is 189 Å². The van der Waals surface area contributed by atoms with Gasteiger partial charge < -0.3 is 14.7 Å². The van der Waals surface area contributed by atoms with Crippen molar-refractivity contribution in [1.82, 2.24) is 14.6 Å². The molecular formula is C24H24N4O3S. The number of carboxylic acid groups (broad SMARTS) is 1. The summed E-state index contributed by atoms with van der Waals surface area (Å²) in [6.45, 7) is 4.86. The molecule has 0 radical (unpaired) electrons. The van der Waals surface area contributed by atoms with Gasteiger partial charge in [0.2, 0.25) is 4.96 Å². The Hall–Kier alpha value is -3.23. The summed E-state index contributed by atoms with van der Waals surface area (Å²) in [5, 5.41) is 14.8. The van der Waals surface area contributed by atoms with Crippen molar-refractivity contribution >= 4 is 28.0 Å². The smallest absolute Gasteiger partial charge is 0.335 e. The molecule has 32 heavy (non-hydrogen) atoms. The maximum absolute atomic E-state index is 11.1. The molecule has 5 rings (SSSR count). The average Bonchev–Trinajstić information content (AvgIpc) is 3.41. The number of rotatable bonds is 6. The zero-order valence-corrected chi connectivity index (χ0v) is 18.6. The second kappa shape index (κ2) is 8.72. The van der Waals surface area contributed by atoms with Crippen LogP contribution in [0, 0.1) is 0 Å². The van der Waals surface area contributed by atoms with Crippen LogP contribution in [0.3, 0.4) is 0 Å². The summed E-state index contributed by atoms with van der Waals surface area (Å²) in [6.07, 6.45) is 4.29. The highest BCUT2D eigenvalue weighted by atomic mass is 32.1. The molecule has 0 saturated carbocycles. The molecule has 1 aliphatic rings. The first-order chi connectivity index (χ1) is 15.6. The second-order valence-electron chi connectivity index (χ2n) is 7.82. The third kappa shape index (κ3) is 3.99. The van der Waals surface area contributed by atoms with E-state index < -0.39 is 5.97 Å². The minimum absolute atomic E-state index is 0.260. The predicted octanol–water partition coefficient (Wildman–Crippen LogP) is 4.83. The van der Waals surface area contributed by atoms with Gasteiger partial charge in [-0.3, -0.25) is 0 Å². The molecule has 0 bridgehead atoms. The molecule has 0 amide bonds. The number of nitrogens with zero attached hydrogens (tertiary/aromatic N) is 4. The number of aromatic carboxylic acids is 1. The van der Waals surface area contributed by atoms with Crippen molar-refractivity contribution in [1.29, 1.82) is 0 Å². The Bertz CT molecular complexity index is 1220. The maximum atomic E-state index is 11.1. The van der Waals surface area contributed by atoms with Gasteiger partial charge in [-0.25, -0.2) is 14.3 Å². The Morgan fingerprint density at radius 1 is 1.09 bits per heavy atom. The van der Waals surface area contributed by atoms with Gasteiger partial charge in [-0.2, -0.15) is 5.10 Å². The van der Waals surface area contributed by atoms with Gasteiger partial charge in [-0.05, 0) is 56.2 Å². The van der Waals surface area contributed by atoms with Crippen LogP contribution < -0.4 is 4.90 Å². The number of benzene rings is 2. The normalized spacial score (nSPS) is 14.8. The van der Waals surface area contributed by atoms with Gasteiger partial charge in [-0.15, -0.1) is 0 Å². The molecule has 8 heteroatoms. The summed E-state index contributed by atoms with van der Waals surface area (Å²) in [4.78, 5) is 18.8. The quantitative estimate of drug-likeness (QED) is 0.455. The minimum atomic E-state index is -0.937. The summed E-state index contributed by atoms with van der Waals surface area (Å²) in [7, 11) is 0. The summed E-state index contributed by atoms with van der Waals surface area (Å²) in [5.41, 5.74) is 4.26. The van der Waals surface area contributed by atoms with E-state index in [4.69, 9.17) is 14.9 Å². The first-order valence-corrected chi connectivity index (χ1v) is 11.6. The van der Waals surface area contributed by atoms with E-state index in [-0.39, 0.29) is 5.56 Å². The molecule has 0 atom stereocenters. The molecule has 164 valence electrons. The van der Waals surface area contributed by atoms with Crippen LogP contribution in [-0.2, 0) is 4.74 Å². The van der Waals surface area contributed by atoms with Crippen molar-refractivity contribution in [2.24, 2.45) is 0 Å². The third-order valence-electron chi connectivity index (χ3n) is 5.84. The molecule has 2 aromatic heterocycles. The molecule has 2 aromatic carbocycles. The second-order valence-corrected chi connectivity index (χ2v) is 8.77. The van der Waals surface area contributed by atoms with E-state index in [0.29, 0.717) is 6.10 Å². The van der Waals surface area contributed by atoms with Crippen LogP contribution in [0.2, 0.25) is 0 Å². The lowest BCUT2D eigenvalue weighted by molar-refractivity contribution is 0.0459. The van der Waals surface area contributed by atoms with E-state index in [9.17, 15) is 4.79 Å². The molecule has 0 unspecified atom stereocenters. The summed E-state index contributed by atoms with van der Waals surface area (Å²) in [6, 6.07) is 15.3. The van der Waals surface area contributed by atoms with Crippen LogP contribution in [0.5, 0.6) is 0 Å². The van der Waals surface area contributed by atoms with E-state index in [2.05, 4.69) is 41.1 Å². The molecule has 0 spiro atoms. The van der Waals surface area contributed by atoms with Crippen LogP contribution in [-0.4, -0.2) is 51.5 Å². The Balaban J connectivity index is 1.35. The van der Waals surface area contributed by atoms with Crippen LogP contribution in [0.1, 0.15) is 30.1 Å². The van der Waals surface area contributed by atoms with Gasteiger partial charge in [0.05, 0.1) is 23.6 Å². The minimum Gasteiger partial charge on any atom is -0.478 e. The SMILES string of the molecule is CCOC1CCN(c2ccc(-c3nn4c(-c5ccc(C(=O)O)cc5)cnc4s3)cc2)CC1. The van der Waals surface area contributed by atoms with E-state index in [0.717, 1.165) is 59.3 Å². The monoisotopic (exact) mass is 448 g/mol. The lowest BCUT2D eigenvalue weighted by Crippen LogP contribution is -2.37. The summed E-state index contributed by atoms with van der Waals surface area (Å²) >= 11 is 1.54. The fourth-order valence-electron chi connectivity index (χ4n) is 4.12. The third-order valence-corrected chi connectivity index (χ3v) is 6.81. The van der Waals surface area contributed by atoms with Crippen molar-refractivity contribution < 1.29 is 14.6 Å². The van der Waals surface area contributed by atoms with Crippen LogP contribution in [0.4, 0.5) is 5.69 Å². The first-order valence-electron chi connectivity index (χ1n) is 10.8. The number of ether oxygens (including phenoxy) is 1. The molecule has 4 aromatic rings. The fourth-order valence-corrected chi connectivity index (χ4v) is 5.00. The van der Waals surface area contributed by atoms with Gasteiger partial charge in [0.1, 0.15) is 5.01 Å². The Morgan fingerprint density at radius 3 is 2.44 bits per heavy atom. The number of hydrogen-bond donors (Lipinski definition) is 1. The number of carbonyl (C=O) groups is 1. The lowest BCUT2D eigenvalue weighted by atomic mass is 10.1. The number of anilines is 1. The molecule has 1 saturated heterocycles. The molecule has 1 N–H and O–H groups in total. The highest BCUT2D eigenvalue weighted by Crippen LogP contribution is 2.31. The van der Waals surface area contributed by atoms with Crippen LogP contribution >= 0.6 is 11.3 Å². The molecule has 1 aliphatic heterocycles. The number of aromatic nitrogens is 3. The molecule has 7 nitrogen and oxygen atoms in total. The van der Waals surface area contributed by atoms with Gasteiger partial charge in [0, 0.05) is 36.5 Å². The number of imidazole rings is 1. The zero-order chi connectivity index (χ0) is 22.1. The van der Waals surface area contributed by atoms with E-state index in [1.54, 1.807) is 30.5 Å². The molecule has 0 aliphatic carbocycles. The number of carboxylic acids is 1. The number of piperidine rings is 1. The molecule has 3 heterocycles. The standard InChI is InChI=1S/C24H24N4O3S/c1-2-31-20-11-13-27(14-12-20)19-9-7-17(8-10-19)22-26-28-21(15-25-24(28)32-22)16-3-5-18(6-4-16)23(29)30/h3-10,15,20H,2,11-14H2,1H3,(H,29,30). The highest BCUT2D eigenvalue weighted by Gasteiger charge is 2.20. The predicted molar refractivity (Wildman–Crippen MR) is 126 cm³/mol. The van der Waals surface area contributed by atoms with Crippen LogP contribution in [0.25, 0.3) is 26.8 Å². The number of fused-ring (bicyclic) bond motifs is 1. The highest BCUT2D eigenvalue weighted by molar-refractivity contribution is 7.19. The fraction of sp³-hybridized carbons (Fsp3) is 0.292. The lowest BCUT2D eigenvalue weighted by Gasteiger charge is -2.33. The van der Waals surface area contributed by atoms with Crippen LogP contribution in [0.15, 0.2) is 54.7 Å². The van der Waals surface area contributed by atoms with Crippen molar-refractivity contribution in [2.45, 2.75) is 25.9 Å². The van der Waals surface area contributed by atoms with Gasteiger partial charge >= 0.3 is 5.97 Å². The van der Waals surface area contributed by atoms with Gasteiger partial charge in [0.25, 0.3) is 0 Å². The van der Waals surface area contributed by atoms with Crippen molar-refractivity contribution in [2.75, 3.05) is 24.6 Å². The largest absolute Gasteiger partial charge is 0.478 e. The van der Waals surface area contributed by atoms with E-state index in [1.165, 1.54) is 17.0 Å². The van der Waals surface area contributed by atoms with Crippen molar-refractivity contribution in [3.8, 4) is 21.8 Å². The van der Waals surface area contributed by atoms with E-state index in [1.807, 2.05) is 4.52 Å². The maximum Gasteiger partial charge on any atom is 0.335 e. The van der Waals surface area contributed by atoms with Crippen molar-refractivity contribution in [3.63, 3.8) is 0 Å². The van der Waals surface area contributed by atoms with Gasteiger partial charge in [-0.1, -0.05) is 23.5 Å². The summed E-state index contributed by atoms with van der Waals surface area (Å²) in [5.74, 6) is -0.937. The molecule has 1 fully saturated rings. The van der Waals surface area contributed by atoms with E-state index >= 15 is 0 Å². The zero-order valence-electron chi connectivity index (χ0n) is 17.8. The topological polar surface area (TPSA) is 80.0 Å². The van der Waals surface area contributed by atoms with Crippen molar-refractivity contribution in [3.05, 3.63) is 60.3 Å².